The fraction of sp³-hybridized carbons (Fsp3) is 1.00. The van der Waals surface area contributed by atoms with Crippen LogP contribution in [0, 0.1) is 9.81 Å². The molecular weight excluding hydrogens is 295 g/mol. The molecule has 1 atom stereocenters. The van der Waals surface area contributed by atoms with E-state index >= 15 is 0 Å². The second kappa shape index (κ2) is 8.71. The van der Waals surface area contributed by atoms with Gasteiger partial charge in [-0.05, 0) is 10.8 Å². The van der Waals surface area contributed by atoms with Crippen LogP contribution in [0.25, 0.3) is 0 Å². The van der Waals surface area contributed by atoms with E-state index in [0.717, 1.165) is 0 Å². The van der Waals surface area contributed by atoms with Crippen LogP contribution in [0.4, 0.5) is 0 Å². The second-order valence-electron chi connectivity index (χ2n) is 2.19. The van der Waals surface area contributed by atoms with Gasteiger partial charge in [0, 0.05) is 0 Å². The maximum absolute atomic E-state index is 10.2. The van der Waals surface area contributed by atoms with Gasteiger partial charge >= 0.3 is 39.7 Å². The average molecular weight is 302 g/mol. The zero-order valence-corrected chi connectivity index (χ0v) is 12.1. The summed E-state index contributed by atoms with van der Waals surface area (Å²) in [4.78, 5) is 27.8. The molecule has 0 aliphatic rings. The van der Waals surface area contributed by atoms with Crippen LogP contribution in [0.15, 0.2) is 0 Å². The van der Waals surface area contributed by atoms with E-state index in [1.165, 1.54) is 0 Å². The number of hydrogen-bond donors (Lipinski definition) is 2. The van der Waals surface area contributed by atoms with E-state index < -0.39 is 37.8 Å². The van der Waals surface area contributed by atoms with Crippen LogP contribution in [-0.4, -0.2) is 52.0 Å². The van der Waals surface area contributed by atoms with Crippen LogP contribution in [0.5, 0.6) is 0 Å². The molecule has 0 aliphatic carbocycles. The minimum Gasteiger partial charge on any atom is -0.739 e. The van der Waals surface area contributed by atoms with Crippen molar-refractivity contribution in [3.8, 4) is 0 Å². The average Bonchev–Trinajstić information content (AvgIpc) is 2.07. The summed E-state index contributed by atoms with van der Waals surface area (Å²) in [5, 5.41) is 14.2. The first-order valence-corrected chi connectivity index (χ1v) is 6.34. The van der Waals surface area contributed by atoms with E-state index in [1.54, 1.807) is 0 Å². The zero-order valence-electron chi connectivity index (χ0n) is 8.45. The Morgan fingerprint density at radius 1 is 1.29 bits per heavy atom. The van der Waals surface area contributed by atoms with Gasteiger partial charge in [-0.25, -0.2) is 18.8 Å². The van der Waals surface area contributed by atoms with Crippen LogP contribution in [0.1, 0.15) is 0 Å². The summed E-state index contributed by atoms with van der Waals surface area (Å²) < 4.78 is 30.6. The molecule has 0 radical (unpaired) electrons. The summed E-state index contributed by atoms with van der Waals surface area (Å²) in [6, 6.07) is 0. The molecule has 0 aromatic carbocycles. The Labute approximate surface area is 120 Å². The van der Waals surface area contributed by atoms with E-state index in [9.17, 15) is 22.8 Å². The molecule has 17 heavy (non-hydrogen) atoms. The predicted molar refractivity (Wildman–Crippen MR) is 43.8 cm³/mol. The van der Waals surface area contributed by atoms with Gasteiger partial charge < -0.3 is 4.55 Å². The Balaban J connectivity index is 0. The van der Waals surface area contributed by atoms with E-state index in [2.05, 4.69) is 9.68 Å². The van der Waals surface area contributed by atoms with E-state index in [-0.39, 0.29) is 40.4 Å². The Morgan fingerprint density at radius 2 is 1.82 bits per heavy atom. The summed E-state index contributed by atoms with van der Waals surface area (Å²) in [6.45, 7) is -0.748. The molecule has 0 amide bonds. The monoisotopic (exact) mass is 302 g/mol. The van der Waals surface area contributed by atoms with Crippen molar-refractivity contribution < 1.29 is 72.8 Å². The van der Waals surface area contributed by atoms with E-state index in [1.807, 2.05) is 0 Å². The van der Waals surface area contributed by atoms with Gasteiger partial charge in [0.25, 0.3) is 0 Å². The van der Waals surface area contributed by atoms with Crippen LogP contribution in [0.2, 0.25) is 0 Å². The molecule has 1 unspecified atom stereocenters. The standard InChI is InChI=1S/C3H7N2O9S2.Na/c6-4(7)13-1-3(14-5(8)9)2-15-16(10,11)12;/h3H,1-2H2,(H2-,6,7,8,9,10,11,12);/q2*+1. The van der Waals surface area contributed by atoms with E-state index in [0.29, 0.717) is 0 Å². The SMILES string of the molecule is O=[N+](O)OCC(CSS(=O)(=O)[O-])O[N+](=O)O.[Na+]. The molecule has 11 nitrogen and oxygen atoms in total. The first kappa shape index (κ1) is 19.0. The van der Waals surface area contributed by atoms with Crippen LogP contribution < -0.4 is 29.6 Å². The van der Waals surface area contributed by atoms with Crippen LogP contribution >= 0.6 is 10.8 Å². The first-order chi connectivity index (χ1) is 7.20. The van der Waals surface area contributed by atoms with Crippen LogP contribution in [0.3, 0.4) is 0 Å². The van der Waals surface area contributed by atoms with Crippen molar-refractivity contribution in [2.75, 3.05) is 12.4 Å². The predicted octanol–water partition coefficient (Wildman–Crippen LogP) is -4.25. The molecule has 0 fully saturated rings. The molecule has 0 heterocycles. The smallest absolute Gasteiger partial charge is 0.739 e. The molecule has 2 N–H and O–H groups in total. The Kier molecular flexibility index (Phi) is 9.74. The molecule has 0 aromatic rings. The molecule has 0 saturated heterocycles. The molecule has 94 valence electrons. The quantitative estimate of drug-likeness (QED) is 0.195. The molecule has 0 saturated carbocycles. The number of rotatable bonds is 8. The Morgan fingerprint density at radius 3 is 2.18 bits per heavy atom. The third-order valence-corrected chi connectivity index (χ3v) is 3.08. The maximum Gasteiger partial charge on any atom is 1.00 e. The molecular formula is C3H7N2NaO9S2+2. The van der Waals surface area contributed by atoms with Gasteiger partial charge in [0.05, 0.1) is 5.75 Å². The Hall–Kier alpha value is -0.340. The van der Waals surface area contributed by atoms with Gasteiger partial charge in [0.15, 0.2) is 0 Å². The fourth-order valence-corrected chi connectivity index (χ4v) is 1.97. The van der Waals surface area contributed by atoms with Crippen molar-refractivity contribution in [1.82, 2.24) is 0 Å². The van der Waals surface area contributed by atoms with Gasteiger partial charge in [-0.3, -0.25) is 0 Å². The fourth-order valence-electron chi connectivity index (χ4n) is 0.543. The molecule has 0 spiro atoms. The van der Waals surface area contributed by atoms with Gasteiger partial charge in [-0.15, -0.1) is 0 Å². The zero-order chi connectivity index (χ0) is 12.8. The molecule has 0 bridgehead atoms. The van der Waals surface area contributed by atoms with Gasteiger partial charge in [-0.1, -0.05) is 0 Å². The third-order valence-electron chi connectivity index (χ3n) is 1.01. The van der Waals surface area contributed by atoms with Crippen molar-refractivity contribution in [3.63, 3.8) is 0 Å². The third kappa shape index (κ3) is 13.6. The molecule has 14 heteroatoms. The van der Waals surface area contributed by atoms with Crippen LogP contribution in [-0.2, 0) is 18.8 Å². The number of hydrogen-bond acceptors (Lipinski definition) is 8. The van der Waals surface area contributed by atoms with Crippen molar-refractivity contribution >= 4 is 19.9 Å². The summed E-state index contributed by atoms with van der Waals surface area (Å²) >= 11 is 0. The summed E-state index contributed by atoms with van der Waals surface area (Å²) in [5.41, 5.74) is 0. The van der Waals surface area contributed by atoms with Crippen molar-refractivity contribution in [2.24, 2.45) is 0 Å². The topological polar surface area (TPSA) is 156 Å². The van der Waals surface area contributed by atoms with Crippen molar-refractivity contribution in [1.29, 1.82) is 0 Å². The minimum atomic E-state index is -4.62. The summed E-state index contributed by atoms with van der Waals surface area (Å²) in [7, 11) is -4.75. The van der Waals surface area contributed by atoms with E-state index in [4.69, 9.17) is 10.4 Å². The first-order valence-electron chi connectivity index (χ1n) is 3.43. The van der Waals surface area contributed by atoms with Crippen molar-refractivity contribution in [2.45, 2.75) is 6.10 Å². The summed E-state index contributed by atoms with van der Waals surface area (Å²) in [5.74, 6) is -0.584. The van der Waals surface area contributed by atoms with Crippen molar-refractivity contribution in [3.05, 3.63) is 9.81 Å². The summed E-state index contributed by atoms with van der Waals surface area (Å²) in [6.07, 6.45) is -1.42. The molecule has 0 rings (SSSR count). The van der Waals surface area contributed by atoms with Gasteiger partial charge in [0.2, 0.25) is 12.7 Å². The Bertz CT molecular complexity index is 357. The van der Waals surface area contributed by atoms with Gasteiger partial charge in [-0.2, -0.15) is 9.68 Å². The normalized spacial score (nSPS) is 12.1. The largest absolute Gasteiger partial charge is 1.00 e. The second-order valence-corrected chi connectivity index (χ2v) is 5.51. The number of nitrogens with zero attached hydrogens (tertiary/aromatic N) is 2. The molecule has 0 aromatic heterocycles. The van der Waals surface area contributed by atoms with Gasteiger partial charge in [0.1, 0.15) is 19.0 Å². The molecule has 0 aliphatic heterocycles. The maximum atomic E-state index is 10.2. The minimum absolute atomic E-state index is 0.